The van der Waals surface area contributed by atoms with E-state index in [0.717, 1.165) is 19.0 Å². The van der Waals surface area contributed by atoms with Crippen molar-refractivity contribution in [2.24, 2.45) is 0 Å². The smallest absolute Gasteiger partial charge is 0.309 e. The molecular formula is C11H12F3N3O. The van der Waals surface area contributed by atoms with E-state index in [0.29, 0.717) is 6.42 Å². The predicted molar refractivity (Wildman–Crippen MR) is 58.9 cm³/mol. The highest BCUT2D eigenvalue weighted by molar-refractivity contribution is 5.94. The molecule has 0 saturated carbocycles. The number of anilines is 1. The van der Waals surface area contributed by atoms with Gasteiger partial charge in [-0.05, 0) is 31.5 Å². The van der Waals surface area contributed by atoms with Crippen molar-refractivity contribution in [3.8, 4) is 0 Å². The molecule has 2 heterocycles. The maximum absolute atomic E-state index is 12.4. The number of aromatic nitrogens is 1. The Bertz CT molecular complexity index is 441. The number of rotatable bonds is 2. The molecule has 0 aromatic carbocycles. The Hall–Kier alpha value is -1.63. The Morgan fingerprint density at radius 2 is 2.22 bits per heavy atom. The van der Waals surface area contributed by atoms with Gasteiger partial charge in [-0.2, -0.15) is 13.2 Å². The van der Waals surface area contributed by atoms with Gasteiger partial charge in [0.2, 0.25) is 5.91 Å². The topological polar surface area (TPSA) is 54.0 Å². The molecule has 1 aromatic rings. The lowest BCUT2D eigenvalue weighted by molar-refractivity contribution is -0.141. The molecule has 1 aromatic heterocycles. The van der Waals surface area contributed by atoms with Crippen molar-refractivity contribution in [1.82, 2.24) is 10.3 Å². The van der Waals surface area contributed by atoms with Crippen LogP contribution in [-0.4, -0.2) is 23.5 Å². The number of amides is 1. The average molecular weight is 259 g/mol. The van der Waals surface area contributed by atoms with Crippen molar-refractivity contribution in [1.29, 1.82) is 0 Å². The molecule has 1 saturated heterocycles. The SMILES string of the molecule is O=C(Nc1cccc(C(F)(F)F)n1)C1CCCN1. The Kier molecular flexibility index (Phi) is 3.51. The second kappa shape index (κ2) is 4.93. The van der Waals surface area contributed by atoms with Gasteiger partial charge in [-0.25, -0.2) is 4.98 Å². The van der Waals surface area contributed by atoms with Crippen LogP contribution >= 0.6 is 0 Å². The summed E-state index contributed by atoms with van der Waals surface area (Å²) >= 11 is 0. The van der Waals surface area contributed by atoms with Gasteiger partial charge in [-0.1, -0.05) is 6.07 Å². The normalized spacial score (nSPS) is 19.8. The molecule has 1 amide bonds. The molecule has 0 aliphatic carbocycles. The Morgan fingerprint density at radius 3 is 2.83 bits per heavy atom. The van der Waals surface area contributed by atoms with Crippen molar-refractivity contribution in [3.63, 3.8) is 0 Å². The molecule has 7 heteroatoms. The Labute approximate surface area is 102 Å². The van der Waals surface area contributed by atoms with Crippen LogP contribution < -0.4 is 10.6 Å². The maximum atomic E-state index is 12.4. The van der Waals surface area contributed by atoms with Crippen LogP contribution in [0.15, 0.2) is 18.2 Å². The van der Waals surface area contributed by atoms with Crippen molar-refractivity contribution in [3.05, 3.63) is 23.9 Å². The van der Waals surface area contributed by atoms with E-state index in [-0.39, 0.29) is 17.8 Å². The number of carbonyl (C=O) groups is 1. The summed E-state index contributed by atoms with van der Waals surface area (Å²) in [5, 5.41) is 5.34. The first kappa shape index (κ1) is 12.8. The molecule has 4 nitrogen and oxygen atoms in total. The first-order valence-electron chi connectivity index (χ1n) is 5.55. The lowest BCUT2D eigenvalue weighted by Gasteiger charge is -2.12. The van der Waals surface area contributed by atoms with E-state index in [2.05, 4.69) is 15.6 Å². The van der Waals surface area contributed by atoms with Crippen LogP contribution in [0, 0.1) is 0 Å². The van der Waals surface area contributed by atoms with Crippen LogP contribution in [0.4, 0.5) is 19.0 Å². The first-order chi connectivity index (χ1) is 8.47. The number of carbonyl (C=O) groups excluding carboxylic acids is 1. The molecule has 0 spiro atoms. The zero-order valence-corrected chi connectivity index (χ0v) is 9.42. The van der Waals surface area contributed by atoms with Gasteiger partial charge >= 0.3 is 6.18 Å². The molecule has 0 radical (unpaired) electrons. The van der Waals surface area contributed by atoms with Gasteiger partial charge in [-0.3, -0.25) is 4.79 Å². The predicted octanol–water partition coefficient (Wildman–Crippen LogP) is 1.79. The van der Waals surface area contributed by atoms with Crippen LogP contribution in [0.3, 0.4) is 0 Å². The summed E-state index contributed by atoms with van der Waals surface area (Å²) < 4.78 is 37.3. The Balaban J connectivity index is 2.07. The summed E-state index contributed by atoms with van der Waals surface area (Å²) in [6, 6.07) is 3.07. The zero-order valence-electron chi connectivity index (χ0n) is 9.42. The molecule has 1 atom stereocenters. The zero-order chi connectivity index (χ0) is 13.2. The minimum atomic E-state index is -4.51. The molecule has 1 unspecified atom stereocenters. The molecule has 2 N–H and O–H groups in total. The summed E-state index contributed by atoms with van der Waals surface area (Å²) in [6.45, 7) is 0.744. The monoisotopic (exact) mass is 259 g/mol. The highest BCUT2D eigenvalue weighted by Crippen LogP contribution is 2.28. The fraction of sp³-hybridized carbons (Fsp3) is 0.455. The number of nitrogens with zero attached hydrogens (tertiary/aromatic N) is 1. The van der Waals surface area contributed by atoms with Gasteiger partial charge in [-0.15, -0.1) is 0 Å². The van der Waals surface area contributed by atoms with Gasteiger partial charge in [0.25, 0.3) is 0 Å². The van der Waals surface area contributed by atoms with Crippen molar-refractivity contribution in [2.45, 2.75) is 25.1 Å². The third-order valence-corrected chi connectivity index (χ3v) is 2.67. The van der Waals surface area contributed by atoms with E-state index in [9.17, 15) is 18.0 Å². The lowest BCUT2D eigenvalue weighted by atomic mass is 10.2. The standard InChI is InChI=1S/C11H12F3N3O/c12-11(13,14)8-4-1-5-9(16-8)17-10(18)7-3-2-6-15-7/h1,4-5,7,15H,2-3,6H2,(H,16,17,18). The maximum Gasteiger partial charge on any atom is 0.433 e. The van der Waals surface area contributed by atoms with Gasteiger partial charge in [0.15, 0.2) is 0 Å². The summed E-state index contributed by atoms with van der Waals surface area (Å²) in [7, 11) is 0. The largest absolute Gasteiger partial charge is 0.433 e. The summed E-state index contributed by atoms with van der Waals surface area (Å²) in [4.78, 5) is 15.1. The second-order valence-corrected chi connectivity index (χ2v) is 4.04. The van der Waals surface area contributed by atoms with Gasteiger partial charge in [0, 0.05) is 0 Å². The van der Waals surface area contributed by atoms with Crippen LogP contribution in [0.25, 0.3) is 0 Å². The molecule has 0 bridgehead atoms. The van der Waals surface area contributed by atoms with E-state index in [1.54, 1.807) is 0 Å². The van der Waals surface area contributed by atoms with E-state index < -0.39 is 11.9 Å². The number of alkyl halides is 3. The van der Waals surface area contributed by atoms with Gasteiger partial charge in [0.1, 0.15) is 11.5 Å². The number of halogens is 3. The Morgan fingerprint density at radius 1 is 1.44 bits per heavy atom. The molecule has 1 aliphatic heterocycles. The quantitative estimate of drug-likeness (QED) is 0.851. The first-order valence-corrected chi connectivity index (χ1v) is 5.55. The van der Waals surface area contributed by atoms with Crippen LogP contribution in [-0.2, 0) is 11.0 Å². The molecular weight excluding hydrogens is 247 g/mol. The molecule has 18 heavy (non-hydrogen) atoms. The van der Waals surface area contributed by atoms with Crippen LogP contribution in [0.5, 0.6) is 0 Å². The van der Waals surface area contributed by atoms with Gasteiger partial charge in [0.05, 0.1) is 6.04 Å². The number of nitrogens with one attached hydrogen (secondary N) is 2. The number of hydrogen-bond acceptors (Lipinski definition) is 3. The third-order valence-electron chi connectivity index (χ3n) is 2.67. The van der Waals surface area contributed by atoms with Crippen LogP contribution in [0.2, 0.25) is 0 Å². The second-order valence-electron chi connectivity index (χ2n) is 4.04. The van der Waals surface area contributed by atoms with Crippen molar-refractivity contribution in [2.75, 3.05) is 11.9 Å². The van der Waals surface area contributed by atoms with Gasteiger partial charge < -0.3 is 10.6 Å². The summed E-state index contributed by atoms with van der Waals surface area (Å²) in [5.74, 6) is -0.428. The van der Waals surface area contributed by atoms with E-state index in [1.807, 2.05) is 0 Å². The fourth-order valence-electron chi connectivity index (χ4n) is 1.78. The number of hydrogen-bond donors (Lipinski definition) is 2. The lowest BCUT2D eigenvalue weighted by Crippen LogP contribution is -2.35. The average Bonchev–Trinajstić information content (AvgIpc) is 2.81. The minimum absolute atomic E-state index is 0.0801. The third kappa shape index (κ3) is 2.98. The van der Waals surface area contributed by atoms with E-state index in [1.165, 1.54) is 12.1 Å². The van der Waals surface area contributed by atoms with Crippen molar-refractivity contribution < 1.29 is 18.0 Å². The molecule has 98 valence electrons. The fourth-order valence-corrected chi connectivity index (χ4v) is 1.78. The summed E-state index contributed by atoms with van der Waals surface area (Å²) in [5.41, 5.74) is -1.01. The van der Waals surface area contributed by atoms with E-state index >= 15 is 0 Å². The molecule has 1 aliphatic rings. The van der Waals surface area contributed by atoms with Crippen molar-refractivity contribution >= 4 is 11.7 Å². The summed E-state index contributed by atoms with van der Waals surface area (Å²) in [6.07, 6.45) is -2.94. The van der Waals surface area contributed by atoms with E-state index in [4.69, 9.17) is 0 Å². The molecule has 2 rings (SSSR count). The molecule has 1 fully saturated rings. The highest BCUT2D eigenvalue weighted by Gasteiger charge is 2.32. The minimum Gasteiger partial charge on any atom is -0.309 e. The number of pyridine rings is 1. The van der Waals surface area contributed by atoms with Crippen LogP contribution in [0.1, 0.15) is 18.5 Å². The highest BCUT2D eigenvalue weighted by atomic mass is 19.4.